The zero-order valence-electron chi connectivity index (χ0n) is 17.1. The predicted octanol–water partition coefficient (Wildman–Crippen LogP) is -0.682. The van der Waals surface area contributed by atoms with Crippen LogP contribution >= 0.6 is 0 Å². The van der Waals surface area contributed by atoms with Gasteiger partial charge in [0.1, 0.15) is 5.56 Å². The number of halogens is 2. The third-order valence-corrected chi connectivity index (χ3v) is 7.48. The van der Waals surface area contributed by atoms with Crippen LogP contribution < -0.4 is 28.6 Å². The molecule has 1 spiro atoms. The Labute approximate surface area is 180 Å². The molecule has 2 aromatic heterocycles. The van der Waals surface area contributed by atoms with Gasteiger partial charge in [0.25, 0.3) is 5.56 Å². The van der Waals surface area contributed by atoms with E-state index in [0.29, 0.717) is 17.2 Å². The van der Waals surface area contributed by atoms with E-state index < -0.39 is 17.3 Å². The van der Waals surface area contributed by atoms with Crippen molar-refractivity contribution in [3.8, 4) is 0 Å². The Hall–Kier alpha value is -2.12. The number of hydrogen-bond acceptors (Lipinski definition) is 3. The zero-order valence-corrected chi connectivity index (χ0v) is 17.8. The lowest BCUT2D eigenvalue weighted by atomic mass is 9.82. The summed E-state index contributed by atoms with van der Waals surface area (Å²) in [6, 6.07) is 1.92. The van der Waals surface area contributed by atoms with Crippen molar-refractivity contribution in [3.05, 3.63) is 45.1 Å². The number of carboxylic acid groups (broad SMARTS) is 1. The Kier molecular flexibility index (Phi) is 5.10. The lowest BCUT2D eigenvalue weighted by Crippen LogP contribution is -3.00. The fourth-order valence-electron chi connectivity index (χ4n) is 5.72. The maximum absolute atomic E-state index is 15.3. The summed E-state index contributed by atoms with van der Waals surface area (Å²) in [5.41, 5.74) is 6.39. The van der Waals surface area contributed by atoms with E-state index in [1.54, 1.807) is 0 Å². The molecule has 0 aromatic carbocycles. The molecule has 8 heteroatoms. The minimum Gasteiger partial charge on any atom is -1.00 e. The van der Waals surface area contributed by atoms with Gasteiger partial charge in [0, 0.05) is 18.5 Å². The van der Waals surface area contributed by atoms with E-state index in [1.807, 2.05) is 6.92 Å². The number of quaternary nitrogens is 1. The number of aromatic carboxylic acids is 1. The molecule has 3 aliphatic rings. The summed E-state index contributed by atoms with van der Waals surface area (Å²) in [6.45, 7) is 3.45. The molecular formula is C22H27ClFN3O3. The van der Waals surface area contributed by atoms with Crippen LogP contribution in [0.4, 0.5) is 10.1 Å². The second kappa shape index (κ2) is 7.24. The zero-order chi connectivity index (χ0) is 20.5. The highest BCUT2D eigenvalue weighted by molar-refractivity contribution is 5.89. The molecule has 0 radical (unpaired) electrons. The largest absolute Gasteiger partial charge is 1.00 e. The van der Waals surface area contributed by atoms with Crippen LogP contribution in [0.15, 0.2) is 17.1 Å². The van der Waals surface area contributed by atoms with E-state index >= 15 is 4.39 Å². The molecule has 1 saturated heterocycles. The van der Waals surface area contributed by atoms with Crippen molar-refractivity contribution < 1.29 is 32.4 Å². The number of nitrogens with zero attached hydrogens (tertiary/aromatic N) is 2. The highest BCUT2D eigenvalue weighted by atomic mass is 35.5. The Balaban J connectivity index is 0.00000218. The Bertz CT molecular complexity index is 1100. The molecule has 6 nitrogen and oxygen atoms in total. The lowest BCUT2D eigenvalue weighted by Gasteiger charge is -2.28. The maximum atomic E-state index is 15.3. The van der Waals surface area contributed by atoms with Gasteiger partial charge in [-0.2, -0.15) is 0 Å². The van der Waals surface area contributed by atoms with Gasteiger partial charge in [0.15, 0.2) is 5.82 Å². The van der Waals surface area contributed by atoms with Gasteiger partial charge in [0.2, 0.25) is 0 Å². The van der Waals surface area contributed by atoms with Crippen molar-refractivity contribution >= 4 is 17.2 Å². The summed E-state index contributed by atoms with van der Waals surface area (Å²) in [6.07, 6.45) is 7.60. The molecule has 2 saturated carbocycles. The Morgan fingerprint density at radius 2 is 2.03 bits per heavy atom. The molecule has 0 amide bonds. The first-order valence-corrected chi connectivity index (χ1v) is 10.5. The molecule has 3 fully saturated rings. The number of anilines is 1. The molecule has 5 rings (SSSR count). The van der Waals surface area contributed by atoms with Gasteiger partial charge in [-0.1, -0.05) is 0 Å². The van der Waals surface area contributed by atoms with Gasteiger partial charge >= 0.3 is 5.97 Å². The second-order valence-electron chi connectivity index (χ2n) is 9.19. The summed E-state index contributed by atoms with van der Waals surface area (Å²) < 4.78 is 16.5. The standard InChI is InChI=1S/C22H26FN3O3.ClH/c1-12-18-14(13-4-5-13)9-15(21(28)29)20(27)26(18)10-16(23)19(12)25-8-7-22(11-25)6-2-3-17(22)24;/h9-10,13,17H,2-8,11,24H2,1H3,(H,28,29);1H. The predicted molar refractivity (Wildman–Crippen MR) is 107 cm³/mol. The summed E-state index contributed by atoms with van der Waals surface area (Å²) in [5, 5.41) is 9.44. The maximum Gasteiger partial charge on any atom is 0.341 e. The molecule has 30 heavy (non-hydrogen) atoms. The quantitative estimate of drug-likeness (QED) is 0.668. The Morgan fingerprint density at radius 1 is 1.30 bits per heavy atom. The topological polar surface area (TPSA) is 89.7 Å². The first-order chi connectivity index (χ1) is 13.8. The molecule has 3 heterocycles. The van der Waals surface area contributed by atoms with Crippen LogP contribution in [0, 0.1) is 18.2 Å². The van der Waals surface area contributed by atoms with E-state index in [-0.39, 0.29) is 29.3 Å². The number of carboxylic acids is 1. The third kappa shape index (κ3) is 3.02. The number of aryl methyl sites for hydroxylation is 1. The molecule has 2 aliphatic carbocycles. The number of rotatable bonds is 3. The molecular weight excluding hydrogens is 409 g/mol. The minimum atomic E-state index is -1.27. The molecule has 2 unspecified atom stereocenters. The molecule has 4 N–H and O–H groups in total. The number of hydrogen-bond donors (Lipinski definition) is 2. The fraction of sp³-hybridized carbons (Fsp3) is 0.545. The minimum absolute atomic E-state index is 0. The highest BCUT2D eigenvalue weighted by Gasteiger charge is 2.49. The van der Waals surface area contributed by atoms with Gasteiger partial charge < -0.3 is 28.1 Å². The van der Waals surface area contributed by atoms with Crippen molar-refractivity contribution in [2.45, 2.75) is 57.4 Å². The van der Waals surface area contributed by atoms with Crippen LogP contribution in [0.1, 0.15) is 65.9 Å². The van der Waals surface area contributed by atoms with Gasteiger partial charge in [0.05, 0.1) is 23.4 Å². The average Bonchev–Trinajstić information content (AvgIpc) is 3.34. The summed E-state index contributed by atoms with van der Waals surface area (Å²) >= 11 is 0. The Morgan fingerprint density at radius 3 is 2.63 bits per heavy atom. The summed E-state index contributed by atoms with van der Waals surface area (Å²) in [4.78, 5) is 26.4. The van der Waals surface area contributed by atoms with Crippen molar-refractivity contribution in [1.29, 1.82) is 0 Å². The van der Waals surface area contributed by atoms with E-state index in [9.17, 15) is 14.7 Å². The summed E-state index contributed by atoms with van der Waals surface area (Å²) in [7, 11) is 0. The number of pyridine rings is 2. The van der Waals surface area contributed by atoms with Gasteiger partial charge in [-0.05, 0) is 68.6 Å². The first-order valence-electron chi connectivity index (χ1n) is 10.5. The van der Waals surface area contributed by atoms with Crippen LogP contribution in [-0.2, 0) is 0 Å². The number of carbonyl (C=O) groups is 1. The van der Waals surface area contributed by atoms with E-state index in [1.165, 1.54) is 23.1 Å². The molecule has 2 atom stereocenters. The lowest BCUT2D eigenvalue weighted by molar-refractivity contribution is -0.440. The smallest absolute Gasteiger partial charge is 0.341 e. The fourth-order valence-corrected chi connectivity index (χ4v) is 5.72. The van der Waals surface area contributed by atoms with Crippen molar-refractivity contribution in [3.63, 3.8) is 0 Å². The average molecular weight is 436 g/mol. The molecule has 0 bridgehead atoms. The number of aromatic nitrogens is 1. The third-order valence-electron chi connectivity index (χ3n) is 7.48. The SMILES string of the molecule is Cc1c(N2CCC3(CCCC3[NH3+])C2)c(F)cn2c(=O)c(C(=O)O)cc(C3CC3)c12.[Cl-]. The van der Waals surface area contributed by atoms with Gasteiger partial charge in [-0.25, -0.2) is 9.18 Å². The van der Waals surface area contributed by atoms with E-state index in [4.69, 9.17) is 0 Å². The van der Waals surface area contributed by atoms with Crippen molar-refractivity contribution in [2.24, 2.45) is 5.41 Å². The van der Waals surface area contributed by atoms with Crippen molar-refractivity contribution in [2.75, 3.05) is 18.0 Å². The normalized spacial score (nSPS) is 25.8. The molecule has 2 aromatic rings. The first kappa shape index (κ1) is 21.1. The van der Waals surface area contributed by atoms with E-state index in [2.05, 4.69) is 10.6 Å². The van der Waals surface area contributed by atoms with Crippen LogP contribution in [0.25, 0.3) is 5.52 Å². The second-order valence-corrected chi connectivity index (χ2v) is 9.19. The van der Waals surface area contributed by atoms with Gasteiger partial charge in [-0.3, -0.25) is 9.20 Å². The van der Waals surface area contributed by atoms with Crippen LogP contribution in [0.3, 0.4) is 0 Å². The van der Waals surface area contributed by atoms with E-state index in [0.717, 1.165) is 56.3 Å². The van der Waals surface area contributed by atoms with Crippen molar-refractivity contribution in [1.82, 2.24) is 4.40 Å². The summed E-state index contributed by atoms with van der Waals surface area (Å²) in [5.74, 6) is -1.49. The van der Waals surface area contributed by atoms with Crippen LogP contribution in [-0.4, -0.2) is 34.6 Å². The monoisotopic (exact) mass is 435 g/mol. The highest BCUT2D eigenvalue weighted by Crippen LogP contribution is 2.47. The van der Waals surface area contributed by atoms with Gasteiger partial charge in [-0.15, -0.1) is 0 Å². The van der Waals surface area contributed by atoms with Crippen LogP contribution in [0.5, 0.6) is 0 Å². The molecule has 1 aliphatic heterocycles. The molecule has 162 valence electrons. The number of fused-ring (bicyclic) bond motifs is 1. The van der Waals surface area contributed by atoms with Crippen LogP contribution in [0.2, 0.25) is 0 Å².